The van der Waals surface area contributed by atoms with Crippen molar-refractivity contribution in [1.82, 2.24) is 10.1 Å². The molecule has 1 saturated heterocycles. The average molecular weight is 314 g/mol. The fourth-order valence-electron chi connectivity index (χ4n) is 3.06. The van der Waals surface area contributed by atoms with Crippen LogP contribution in [0.2, 0.25) is 0 Å². The summed E-state index contributed by atoms with van der Waals surface area (Å²) < 4.78 is 9.94. The van der Waals surface area contributed by atoms with Crippen LogP contribution in [0.3, 0.4) is 0 Å². The summed E-state index contributed by atoms with van der Waals surface area (Å²) in [5.41, 5.74) is 1.40. The number of Topliss-reactive ketones (excluding diaryl/α,β-unsaturated/α-hetero) is 1. The maximum absolute atomic E-state index is 12.2. The molecule has 0 spiro atoms. The lowest BCUT2D eigenvalue weighted by molar-refractivity contribution is 0.0859. The molecule has 1 fully saturated rings. The highest BCUT2D eigenvalue weighted by molar-refractivity contribution is 5.95. The molecule has 23 heavy (non-hydrogen) atoms. The Bertz CT molecular complexity index is 631. The number of carbonyl (C=O) groups excluding carboxylic acids is 1. The van der Waals surface area contributed by atoms with Gasteiger partial charge in [-0.2, -0.15) is 0 Å². The van der Waals surface area contributed by atoms with Crippen molar-refractivity contribution in [2.75, 3.05) is 26.7 Å². The first kappa shape index (κ1) is 15.7. The lowest BCUT2D eigenvalue weighted by atomic mass is 9.90. The molecule has 1 aromatic heterocycles. The zero-order valence-electron chi connectivity index (χ0n) is 13.4. The Morgan fingerprint density at radius 1 is 1.30 bits per heavy atom. The van der Waals surface area contributed by atoms with Gasteiger partial charge in [-0.05, 0) is 49.0 Å². The van der Waals surface area contributed by atoms with Gasteiger partial charge in [-0.3, -0.25) is 9.69 Å². The molecule has 122 valence electrons. The molecule has 0 unspecified atom stereocenters. The third kappa shape index (κ3) is 4.20. The van der Waals surface area contributed by atoms with E-state index in [4.69, 9.17) is 9.26 Å². The van der Waals surface area contributed by atoms with Gasteiger partial charge in [-0.1, -0.05) is 30.3 Å². The lowest BCUT2D eigenvalue weighted by Gasteiger charge is -2.31. The highest BCUT2D eigenvalue weighted by Gasteiger charge is 2.23. The number of hydrogen-bond donors (Lipinski definition) is 0. The van der Waals surface area contributed by atoms with E-state index in [1.165, 1.54) is 12.7 Å². The zero-order chi connectivity index (χ0) is 16.1. The lowest BCUT2D eigenvalue weighted by Crippen LogP contribution is -2.37. The second kappa shape index (κ2) is 7.42. The molecule has 5 nitrogen and oxygen atoms in total. The van der Waals surface area contributed by atoms with Crippen LogP contribution in [0.15, 0.2) is 40.9 Å². The molecule has 1 aliphatic heterocycles. The number of aromatic nitrogens is 1. The van der Waals surface area contributed by atoms with E-state index >= 15 is 0 Å². The molecule has 0 aliphatic carbocycles. The molecule has 0 bridgehead atoms. The molecule has 0 atom stereocenters. The number of hydrogen-bond acceptors (Lipinski definition) is 5. The van der Waals surface area contributed by atoms with Crippen molar-refractivity contribution in [2.24, 2.45) is 5.92 Å². The van der Waals surface area contributed by atoms with Crippen LogP contribution in [0.4, 0.5) is 0 Å². The topological polar surface area (TPSA) is 55.6 Å². The summed E-state index contributed by atoms with van der Waals surface area (Å²) in [5.74, 6) is 1.28. The Hall–Kier alpha value is -2.14. The van der Waals surface area contributed by atoms with Crippen molar-refractivity contribution in [1.29, 1.82) is 0 Å². The molecule has 0 N–H and O–H groups in total. The largest absolute Gasteiger partial charge is 0.479 e. The fourth-order valence-corrected chi connectivity index (χ4v) is 3.06. The molecule has 0 amide bonds. The summed E-state index contributed by atoms with van der Waals surface area (Å²) in [6.07, 6.45) is 3.38. The molecule has 2 heterocycles. The fraction of sp³-hybridized carbons (Fsp3) is 0.444. The van der Waals surface area contributed by atoms with E-state index in [2.05, 4.69) is 40.4 Å². The van der Waals surface area contributed by atoms with E-state index in [1.807, 2.05) is 0 Å². The zero-order valence-corrected chi connectivity index (χ0v) is 13.4. The number of ketones is 1. The molecule has 5 heteroatoms. The predicted octanol–water partition coefficient (Wildman–Crippen LogP) is 2.82. The third-order valence-corrected chi connectivity index (χ3v) is 4.41. The first-order chi connectivity index (χ1) is 11.2. The van der Waals surface area contributed by atoms with Crippen molar-refractivity contribution in [3.8, 4) is 5.88 Å². The van der Waals surface area contributed by atoms with Gasteiger partial charge in [0, 0.05) is 0 Å². The van der Waals surface area contributed by atoms with Gasteiger partial charge in [0.15, 0.2) is 0 Å². The minimum atomic E-state index is -0.0395. The van der Waals surface area contributed by atoms with Gasteiger partial charge < -0.3 is 9.26 Å². The van der Waals surface area contributed by atoms with Crippen LogP contribution >= 0.6 is 0 Å². The van der Waals surface area contributed by atoms with Gasteiger partial charge in [0.05, 0.1) is 19.7 Å². The Balaban J connectivity index is 1.46. The standard InChI is InChI=1S/C18H22N2O3/c1-22-18-12-17(23-19-18)16(21)13-20-9-7-15(8-10-20)11-14-5-3-2-4-6-14/h2-6,12,15H,7-11,13H2,1H3. The van der Waals surface area contributed by atoms with Crippen LogP contribution in [0.1, 0.15) is 29.0 Å². The van der Waals surface area contributed by atoms with Gasteiger partial charge in [-0.25, -0.2) is 0 Å². The van der Waals surface area contributed by atoms with Crippen LogP contribution in [-0.4, -0.2) is 42.6 Å². The van der Waals surface area contributed by atoms with Crippen molar-refractivity contribution >= 4 is 5.78 Å². The van der Waals surface area contributed by atoms with Crippen molar-refractivity contribution in [3.05, 3.63) is 47.7 Å². The number of piperidine rings is 1. The molecular formula is C18H22N2O3. The predicted molar refractivity (Wildman–Crippen MR) is 86.7 cm³/mol. The second-order valence-corrected chi connectivity index (χ2v) is 6.07. The summed E-state index contributed by atoms with van der Waals surface area (Å²) in [5, 5.41) is 3.67. The van der Waals surface area contributed by atoms with Crippen LogP contribution in [0.5, 0.6) is 5.88 Å². The monoisotopic (exact) mass is 314 g/mol. The van der Waals surface area contributed by atoms with Crippen LogP contribution < -0.4 is 4.74 Å². The molecule has 3 rings (SSSR count). The number of nitrogens with zero attached hydrogens (tertiary/aromatic N) is 2. The molecular weight excluding hydrogens is 292 g/mol. The summed E-state index contributed by atoms with van der Waals surface area (Å²) in [7, 11) is 1.50. The number of methoxy groups -OCH3 is 1. The van der Waals surface area contributed by atoms with Gasteiger partial charge in [-0.15, -0.1) is 0 Å². The van der Waals surface area contributed by atoms with Gasteiger partial charge >= 0.3 is 0 Å². The van der Waals surface area contributed by atoms with E-state index in [1.54, 1.807) is 6.07 Å². The number of benzene rings is 1. The van der Waals surface area contributed by atoms with E-state index < -0.39 is 0 Å². The number of rotatable bonds is 6. The van der Waals surface area contributed by atoms with Gasteiger partial charge in [0.25, 0.3) is 5.88 Å². The molecule has 1 aliphatic rings. The summed E-state index contributed by atoms with van der Waals surface area (Å²) in [6.45, 7) is 2.29. The van der Waals surface area contributed by atoms with Gasteiger partial charge in [0.1, 0.15) is 0 Å². The van der Waals surface area contributed by atoms with Crippen molar-refractivity contribution in [2.45, 2.75) is 19.3 Å². The second-order valence-electron chi connectivity index (χ2n) is 6.07. The van der Waals surface area contributed by atoms with Crippen LogP contribution in [0, 0.1) is 5.92 Å². The van der Waals surface area contributed by atoms with Crippen molar-refractivity contribution in [3.63, 3.8) is 0 Å². The van der Waals surface area contributed by atoms with E-state index in [-0.39, 0.29) is 11.5 Å². The van der Waals surface area contributed by atoms with E-state index in [0.29, 0.717) is 18.3 Å². The van der Waals surface area contributed by atoms with E-state index in [0.717, 1.165) is 32.4 Å². The van der Waals surface area contributed by atoms with Crippen LogP contribution in [0.25, 0.3) is 0 Å². The average Bonchev–Trinajstić information content (AvgIpc) is 3.07. The maximum atomic E-state index is 12.2. The highest BCUT2D eigenvalue weighted by Crippen LogP contribution is 2.22. The number of likely N-dealkylation sites (tertiary alicyclic amines) is 1. The van der Waals surface area contributed by atoms with Gasteiger partial charge in [0.2, 0.25) is 11.5 Å². The summed E-state index contributed by atoms with van der Waals surface area (Å²) in [6, 6.07) is 12.2. The van der Waals surface area contributed by atoms with Crippen LogP contribution in [-0.2, 0) is 6.42 Å². The minimum absolute atomic E-state index is 0.0395. The number of carbonyl (C=O) groups is 1. The van der Waals surface area contributed by atoms with Crippen molar-refractivity contribution < 1.29 is 14.1 Å². The summed E-state index contributed by atoms with van der Waals surface area (Å²) in [4.78, 5) is 14.4. The Labute approximate surface area is 136 Å². The van der Waals surface area contributed by atoms with E-state index in [9.17, 15) is 4.79 Å². The first-order valence-electron chi connectivity index (χ1n) is 8.05. The first-order valence-corrected chi connectivity index (χ1v) is 8.05. The molecule has 1 aromatic carbocycles. The third-order valence-electron chi connectivity index (χ3n) is 4.41. The Morgan fingerprint density at radius 2 is 2.04 bits per heavy atom. The molecule has 2 aromatic rings. The number of ether oxygens (including phenoxy) is 1. The maximum Gasteiger partial charge on any atom is 0.254 e. The normalized spacial score (nSPS) is 16.4. The minimum Gasteiger partial charge on any atom is -0.479 e. The quantitative estimate of drug-likeness (QED) is 0.767. The summed E-state index contributed by atoms with van der Waals surface area (Å²) >= 11 is 0. The SMILES string of the molecule is COc1cc(C(=O)CN2CCC(Cc3ccccc3)CC2)on1. The Morgan fingerprint density at radius 3 is 2.70 bits per heavy atom. The smallest absolute Gasteiger partial charge is 0.254 e. The molecule has 0 radical (unpaired) electrons. The highest BCUT2D eigenvalue weighted by atomic mass is 16.5. The molecule has 0 saturated carbocycles. The Kier molecular flexibility index (Phi) is 5.08.